The summed E-state index contributed by atoms with van der Waals surface area (Å²) in [5.74, 6) is 0. The molecule has 5 aromatic rings. The number of nitrogens with zero attached hydrogens (tertiary/aromatic N) is 1. The Hall–Kier alpha value is -5.67. The molecule has 3 heteroatoms. The summed E-state index contributed by atoms with van der Waals surface area (Å²) >= 11 is 0. The summed E-state index contributed by atoms with van der Waals surface area (Å²) in [6.07, 6.45) is 10.8. The van der Waals surface area contributed by atoms with Gasteiger partial charge in [0.25, 0.3) is 0 Å². The molecule has 0 aliphatic carbocycles. The van der Waals surface area contributed by atoms with E-state index in [9.17, 15) is 0 Å². The summed E-state index contributed by atoms with van der Waals surface area (Å²) in [6, 6.07) is 49.4. The van der Waals surface area contributed by atoms with Crippen LogP contribution >= 0.6 is 0 Å². The Kier molecular flexibility index (Phi) is 10.3. The van der Waals surface area contributed by atoms with Gasteiger partial charge in [-0.05, 0) is 52.5 Å². The van der Waals surface area contributed by atoms with Crippen molar-refractivity contribution >= 4 is 34.6 Å². The zero-order chi connectivity index (χ0) is 29.5. The molecule has 0 atom stereocenters. The summed E-state index contributed by atoms with van der Waals surface area (Å²) < 4.78 is 0. The maximum atomic E-state index is 4.80. The van der Waals surface area contributed by atoms with Crippen molar-refractivity contribution in [3.63, 3.8) is 0 Å². The first-order valence-corrected chi connectivity index (χ1v) is 14.4. The number of aliphatic imine (C=N–C) groups is 1. The molecule has 0 saturated carbocycles. The molecular formula is C40H35N3. The lowest BCUT2D eigenvalue weighted by Crippen LogP contribution is -2.02. The van der Waals surface area contributed by atoms with E-state index in [2.05, 4.69) is 108 Å². The maximum Gasteiger partial charge on any atom is 0.0926 e. The molecule has 3 nitrogen and oxygen atoms in total. The zero-order valence-electron chi connectivity index (χ0n) is 24.1. The molecule has 0 heterocycles. The lowest BCUT2D eigenvalue weighted by molar-refractivity contribution is 1.25. The summed E-state index contributed by atoms with van der Waals surface area (Å²) in [4.78, 5) is 4.80. The topological polar surface area (TPSA) is 36.4 Å². The smallest absolute Gasteiger partial charge is 0.0926 e. The van der Waals surface area contributed by atoms with Gasteiger partial charge in [0, 0.05) is 23.1 Å². The number of rotatable bonds is 12. The molecule has 0 unspecified atom stereocenters. The summed E-state index contributed by atoms with van der Waals surface area (Å²) in [6.45, 7) is 4.38. The number of nitrogens with one attached hydrogen (secondary N) is 2. The summed E-state index contributed by atoms with van der Waals surface area (Å²) in [7, 11) is 0. The summed E-state index contributed by atoms with van der Waals surface area (Å²) in [5, 5.41) is 6.82. The molecule has 2 N–H and O–H groups in total. The van der Waals surface area contributed by atoms with Crippen molar-refractivity contribution in [2.45, 2.75) is 6.42 Å². The fourth-order valence-electron chi connectivity index (χ4n) is 4.60. The molecule has 0 aliphatic rings. The van der Waals surface area contributed by atoms with Gasteiger partial charge in [-0.15, -0.1) is 0 Å². The fraction of sp³-hybridized carbons (Fsp3) is 0.0250. The number of para-hydroxylation sites is 2. The Balaban J connectivity index is 1.35. The average Bonchev–Trinajstić information content (AvgIpc) is 3.07. The molecule has 0 aliphatic heterocycles. The van der Waals surface area contributed by atoms with Gasteiger partial charge in [-0.3, -0.25) is 0 Å². The highest BCUT2D eigenvalue weighted by molar-refractivity contribution is 5.86. The lowest BCUT2D eigenvalue weighted by Gasteiger charge is -2.12. The first-order valence-electron chi connectivity index (χ1n) is 14.4. The predicted molar refractivity (Wildman–Crippen MR) is 185 cm³/mol. The van der Waals surface area contributed by atoms with Crippen LogP contribution in [0.25, 0.3) is 16.8 Å². The Morgan fingerprint density at radius 2 is 1.21 bits per heavy atom. The van der Waals surface area contributed by atoms with Gasteiger partial charge < -0.3 is 10.6 Å². The van der Waals surface area contributed by atoms with E-state index in [0.717, 1.165) is 51.3 Å². The Bertz CT molecular complexity index is 1720. The molecule has 0 spiro atoms. The van der Waals surface area contributed by atoms with Crippen molar-refractivity contribution < 1.29 is 0 Å². The number of hydrogen-bond acceptors (Lipinski definition) is 2. The minimum atomic E-state index is 0.805. The van der Waals surface area contributed by atoms with Crippen LogP contribution in [0.1, 0.15) is 22.3 Å². The van der Waals surface area contributed by atoms with Crippen LogP contribution in [0.3, 0.4) is 0 Å². The van der Waals surface area contributed by atoms with Crippen LogP contribution in [-0.4, -0.2) is 6.34 Å². The van der Waals surface area contributed by atoms with E-state index in [4.69, 9.17) is 4.99 Å². The van der Waals surface area contributed by atoms with Gasteiger partial charge in [0.2, 0.25) is 0 Å². The molecule has 0 aromatic heterocycles. The van der Waals surface area contributed by atoms with Gasteiger partial charge in [0.05, 0.1) is 12.0 Å². The zero-order valence-corrected chi connectivity index (χ0v) is 24.1. The second-order valence-electron chi connectivity index (χ2n) is 9.93. The molecule has 5 aromatic carbocycles. The van der Waals surface area contributed by atoms with Crippen LogP contribution in [0.4, 0.5) is 11.4 Å². The molecule has 0 radical (unpaired) electrons. The molecule has 0 fully saturated rings. The fourth-order valence-corrected chi connectivity index (χ4v) is 4.60. The van der Waals surface area contributed by atoms with Crippen molar-refractivity contribution in [3.05, 3.63) is 199 Å². The van der Waals surface area contributed by atoms with Gasteiger partial charge in [0.1, 0.15) is 0 Å². The number of allylic oxidation sites excluding steroid dienone is 5. The number of benzene rings is 5. The third-order valence-corrected chi connectivity index (χ3v) is 6.86. The summed E-state index contributed by atoms with van der Waals surface area (Å²) in [5.41, 5.74) is 9.33. The van der Waals surface area contributed by atoms with Crippen molar-refractivity contribution in [3.8, 4) is 0 Å². The van der Waals surface area contributed by atoms with Crippen LogP contribution in [0.5, 0.6) is 0 Å². The molecule has 0 amide bonds. The largest absolute Gasteiger partial charge is 0.355 e. The van der Waals surface area contributed by atoms with Crippen molar-refractivity contribution in [2.75, 3.05) is 5.32 Å². The first-order chi connectivity index (χ1) is 21.3. The number of hydrogen-bond donors (Lipinski definition) is 2. The van der Waals surface area contributed by atoms with E-state index in [1.54, 1.807) is 6.34 Å². The van der Waals surface area contributed by atoms with Gasteiger partial charge in [-0.2, -0.15) is 0 Å². The minimum absolute atomic E-state index is 0.805. The van der Waals surface area contributed by atoms with Gasteiger partial charge in [0.15, 0.2) is 0 Å². The third kappa shape index (κ3) is 8.66. The van der Waals surface area contributed by atoms with Crippen LogP contribution in [-0.2, 0) is 6.42 Å². The SMILES string of the molecule is C=C(/C=C\C(=C\N/C=N/C(=C\Cc1ccccc1)c1ccccc1)c1ccccc1)c1ccccc1Nc1ccccc1. The normalized spacial score (nSPS) is 12.0. The van der Waals surface area contributed by atoms with Crippen molar-refractivity contribution in [2.24, 2.45) is 4.99 Å². The molecule has 210 valence electrons. The van der Waals surface area contributed by atoms with Crippen molar-refractivity contribution in [1.29, 1.82) is 0 Å². The van der Waals surface area contributed by atoms with Crippen LogP contribution in [0, 0.1) is 0 Å². The van der Waals surface area contributed by atoms with Crippen LogP contribution in [0.15, 0.2) is 182 Å². The highest BCUT2D eigenvalue weighted by Crippen LogP contribution is 2.28. The van der Waals surface area contributed by atoms with Gasteiger partial charge in [-0.1, -0.05) is 152 Å². The minimum Gasteiger partial charge on any atom is -0.355 e. The second kappa shape index (κ2) is 15.4. The van der Waals surface area contributed by atoms with E-state index >= 15 is 0 Å². The monoisotopic (exact) mass is 557 g/mol. The standard InChI is InChI=1S/C40H35N3/c1-32(38-24-14-15-25-40(38)43-37-22-12-5-13-23-37)26-28-36(34-18-8-3-9-19-34)30-41-31-42-39(35-20-10-4-11-21-35)29-27-33-16-6-2-7-17-33/h2-26,28-31,43H,1,27H2,(H,41,42)/b28-26-,36-30-,39-29-. The molecule has 0 saturated heterocycles. The van der Waals surface area contributed by atoms with Crippen LogP contribution < -0.4 is 10.6 Å². The van der Waals surface area contributed by atoms with E-state index in [-0.39, 0.29) is 0 Å². The maximum absolute atomic E-state index is 4.80. The Labute approximate surface area is 255 Å². The van der Waals surface area contributed by atoms with E-state index in [0.29, 0.717) is 0 Å². The Morgan fingerprint density at radius 1 is 0.628 bits per heavy atom. The molecular weight excluding hydrogens is 522 g/mol. The second-order valence-corrected chi connectivity index (χ2v) is 9.93. The molecule has 0 bridgehead atoms. The quantitative estimate of drug-likeness (QED) is 0.0910. The van der Waals surface area contributed by atoms with E-state index < -0.39 is 0 Å². The lowest BCUT2D eigenvalue weighted by atomic mass is 10.0. The third-order valence-electron chi connectivity index (χ3n) is 6.86. The van der Waals surface area contributed by atoms with Gasteiger partial charge in [-0.25, -0.2) is 4.99 Å². The molecule has 5 rings (SSSR count). The number of anilines is 2. The highest BCUT2D eigenvalue weighted by Gasteiger charge is 2.05. The predicted octanol–water partition coefficient (Wildman–Crippen LogP) is 9.94. The van der Waals surface area contributed by atoms with Crippen molar-refractivity contribution in [1.82, 2.24) is 5.32 Å². The van der Waals surface area contributed by atoms with Gasteiger partial charge >= 0.3 is 0 Å². The average molecular weight is 558 g/mol. The Morgan fingerprint density at radius 3 is 1.91 bits per heavy atom. The van der Waals surface area contributed by atoms with Crippen LogP contribution in [0.2, 0.25) is 0 Å². The molecule has 43 heavy (non-hydrogen) atoms. The highest BCUT2D eigenvalue weighted by atomic mass is 14.9. The van der Waals surface area contributed by atoms with E-state index in [1.807, 2.05) is 79.0 Å². The first kappa shape index (κ1) is 28.8. The van der Waals surface area contributed by atoms with E-state index in [1.165, 1.54) is 5.56 Å².